The topological polar surface area (TPSA) is 57.5 Å². The molecule has 1 aliphatic rings. The summed E-state index contributed by atoms with van der Waals surface area (Å²) in [4.78, 5) is 6.61. The summed E-state index contributed by atoms with van der Waals surface area (Å²) in [5, 5.41) is 11.8. The van der Waals surface area contributed by atoms with Gasteiger partial charge in [-0.15, -0.1) is 0 Å². The molecule has 24 heavy (non-hydrogen) atoms. The van der Waals surface area contributed by atoms with Crippen molar-refractivity contribution in [1.82, 2.24) is 25.3 Å². The number of hydrogen-bond donors (Lipinski definition) is 2. The molecule has 6 heteroatoms. The number of aryl methyl sites for hydroxylation is 1. The van der Waals surface area contributed by atoms with Crippen LogP contribution in [0, 0.1) is 0 Å². The molecule has 136 valence electrons. The van der Waals surface area contributed by atoms with Crippen LogP contribution in [-0.4, -0.2) is 59.9 Å². The predicted octanol–water partition coefficient (Wildman–Crippen LogP) is 1.83. The van der Waals surface area contributed by atoms with Crippen molar-refractivity contribution in [2.75, 3.05) is 27.7 Å². The van der Waals surface area contributed by atoms with Gasteiger partial charge in [0.25, 0.3) is 0 Å². The van der Waals surface area contributed by atoms with Crippen LogP contribution < -0.4 is 10.6 Å². The van der Waals surface area contributed by atoms with E-state index in [-0.39, 0.29) is 5.54 Å². The van der Waals surface area contributed by atoms with E-state index >= 15 is 0 Å². The summed E-state index contributed by atoms with van der Waals surface area (Å²) in [5.74, 6) is 0.877. The number of aliphatic imine (C=N–C) groups is 1. The minimum atomic E-state index is 0.0768. The molecule has 0 saturated carbocycles. The van der Waals surface area contributed by atoms with E-state index in [1.807, 2.05) is 7.05 Å². The minimum Gasteiger partial charge on any atom is -0.355 e. The van der Waals surface area contributed by atoms with E-state index in [0.717, 1.165) is 31.8 Å². The summed E-state index contributed by atoms with van der Waals surface area (Å²) >= 11 is 0. The van der Waals surface area contributed by atoms with Crippen LogP contribution in [0.25, 0.3) is 0 Å². The van der Waals surface area contributed by atoms with E-state index in [4.69, 9.17) is 5.10 Å². The normalized spacial score (nSPS) is 18.9. The molecule has 1 unspecified atom stereocenters. The molecule has 6 nitrogen and oxygen atoms in total. The second kappa shape index (κ2) is 7.55. The number of aromatic nitrogens is 2. The fourth-order valence-electron chi connectivity index (χ4n) is 2.75. The van der Waals surface area contributed by atoms with Crippen molar-refractivity contribution < 1.29 is 0 Å². The lowest BCUT2D eigenvalue weighted by Gasteiger charge is -2.34. The van der Waals surface area contributed by atoms with Gasteiger partial charge in [0.2, 0.25) is 0 Å². The molecular formula is C18H34N6. The van der Waals surface area contributed by atoms with Crippen LogP contribution in [-0.2, 0) is 12.8 Å². The monoisotopic (exact) mass is 334 g/mol. The van der Waals surface area contributed by atoms with Crippen molar-refractivity contribution >= 4 is 5.96 Å². The zero-order chi connectivity index (χ0) is 17.9. The van der Waals surface area contributed by atoms with E-state index in [9.17, 15) is 0 Å². The zero-order valence-electron chi connectivity index (χ0n) is 16.3. The standard InChI is InChI=1S/C18H34N6/c1-13(2)24-11-14-8-9-15(10-16(14)22-24)21-17(19-5)20-12-18(3,4)23(6)7/h11,13,15H,8-10,12H2,1-7H3,(H2,19,20,21). The summed E-state index contributed by atoms with van der Waals surface area (Å²) in [6.45, 7) is 9.63. The lowest BCUT2D eigenvalue weighted by atomic mass is 9.94. The van der Waals surface area contributed by atoms with Crippen LogP contribution in [0.3, 0.4) is 0 Å². The van der Waals surface area contributed by atoms with E-state index in [0.29, 0.717) is 12.1 Å². The number of hydrogen-bond acceptors (Lipinski definition) is 3. The van der Waals surface area contributed by atoms with Crippen LogP contribution in [0.4, 0.5) is 0 Å². The van der Waals surface area contributed by atoms with Gasteiger partial charge in [-0.25, -0.2) is 0 Å². The van der Waals surface area contributed by atoms with Gasteiger partial charge in [0.05, 0.1) is 5.69 Å². The van der Waals surface area contributed by atoms with E-state index in [2.05, 4.69) is 73.2 Å². The van der Waals surface area contributed by atoms with Crippen molar-refractivity contribution in [2.24, 2.45) is 4.99 Å². The highest BCUT2D eigenvalue weighted by atomic mass is 15.3. The summed E-state index contributed by atoms with van der Waals surface area (Å²) in [6.07, 6.45) is 5.38. The SMILES string of the molecule is CN=C(NCC(C)(C)N(C)C)NC1CCc2cn(C(C)C)nc2C1. The Morgan fingerprint density at radius 1 is 1.46 bits per heavy atom. The molecule has 0 bridgehead atoms. The van der Waals surface area contributed by atoms with Crippen LogP contribution in [0.1, 0.15) is 51.4 Å². The van der Waals surface area contributed by atoms with Gasteiger partial charge >= 0.3 is 0 Å². The molecule has 1 aromatic heterocycles. The molecule has 0 fully saturated rings. The quantitative estimate of drug-likeness (QED) is 0.637. The highest BCUT2D eigenvalue weighted by molar-refractivity contribution is 5.80. The molecule has 1 heterocycles. The van der Waals surface area contributed by atoms with Crippen LogP contribution >= 0.6 is 0 Å². The van der Waals surface area contributed by atoms with Crippen molar-refractivity contribution in [1.29, 1.82) is 0 Å². The summed E-state index contributed by atoms with van der Waals surface area (Å²) in [6, 6.07) is 0.811. The Morgan fingerprint density at radius 3 is 2.75 bits per heavy atom. The largest absolute Gasteiger partial charge is 0.355 e. The molecule has 0 saturated heterocycles. The molecule has 2 rings (SSSR count). The zero-order valence-corrected chi connectivity index (χ0v) is 16.3. The van der Waals surface area contributed by atoms with Gasteiger partial charge in [0.1, 0.15) is 0 Å². The molecule has 0 radical (unpaired) electrons. The molecule has 0 aromatic carbocycles. The van der Waals surface area contributed by atoms with Crippen molar-refractivity contribution in [3.8, 4) is 0 Å². The summed E-state index contributed by atoms with van der Waals surface area (Å²) in [7, 11) is 6.04. The second-order valence-electron chi connectivity index (χ2n) is 7.89. The lowest BCUT2D eigenvalue weighted by Crippen LogP contribution is -2.53. The first kappa shape index (κ1) is 18.8. The Hall–Kier alpha value is -1.56. The maximum Gasteiger partial charge on any atom is 0.191 e. The number of nitrogens with one attached hydrogen (secondary N) is 2. The Morgan fingerprint density at radius 2 is 2.17 bits per heavy atom. The van der Waals surface area contributed by atoms with E-state index in [1.165, 1.54) is 11.3 Å². The van der Waals surface area contributed by atoms with Gasteiger partial charge in [-0.2, -0.15) is 5.10 Å². The molecule has 0 aliphatic heterocycles. The number of rotatable bonds is 5. The van der Waals surface area contributed by atoms with Gasteiger partial charge in [0, 0.05) is 43.8 Å². The van der Waals surface area contributed by atoms with Gasteiger partial charge in [-0.1, -0.05) is 0 Å². The van der Waals surface area contributed by atoms with Crippen LogP contribution in [0.2, 0.25) is 0 Å². The first-order chi connectivity index (χ1) is 11.2. The fraction of sp³-hybridized carbons (Fsp3) is 0.778. The van der Waals surface area contributed by atoms with Gasteiger partial charge in [-0.3, -0.25) is 9.67 Å². The van der Waals surface area contributed by atoms with Crippen LogP contribution in [0.15, 0.2) is 11.2 Å². The molecule has 1 atom stereocenters. The van der Waals surface area contributed by atoms with Crippen molar-refractivity contribution in [3.05, 3.63) is 17.5 Å². The lowest BCUT2D eigenvalue weighted by molar-refractivity contribution is 0.197. The van der Waals surface area contributed by atoms with Crippen LogP contribution in [0.5, 0.6) is 0 Å². The number of nitrogens with zero attached hydrogens (tertiary/aromatic N) is 4. The van der Waals surface area contributed by atoms with Gasteiger partial charge in [-0.05, 0) is 60.2 Å². The molecule has 0 amide bonds. The maximum atomic E-state index is 4.75. The number of guanidine groups is 1. The molecule has 0 spiro atoms. The maximum absolute atomic E-state index is 4.75. The second-order valence-corrected chi connectivity index (χ2v) is 7.89. The first-order valence-electron chi connectivity index (χ1n) is 8.94. The average molecular weight is 335 g/mol. The molecular weight excluding hydrogens is 300 g/mol. The highest BCUT2D eigenvalue weighted by Crippen LogP contribution is 2.21. The average Bonchev–Trinajstić information content (AvgIpc) is 2.94. The third-order valence-corrected chi connectivity index (χ3v) is 5.09. The Bertz CT molecular complexity index is 570. The molecule has 1 aromatic rings. The smallest absolute Gasteiger partial charge is 0.191 e. The minimum absolute atomic E-state index is 0.0768. The van der Waals surface area contributed by atoms with Crippen molar-refractivity contribution in [2.45, 2.75) is 64.6 Å². The predicted molar refractivity (Wildman–Crippen MR) is 101 cm³/mol. The molecule has 2 N–H and O–H groups in total. The van der Waals surface area contributed by atoms with E-state index < -0.39 is 0 Å². The van der Waals surface area contributed by atoms with Gasteiger partial charge in [0.15, 0.2) is 5.96 Å². The third-order valence-electron chi connectivity index (χ3n) is 5.09. The fourth-order valence-corrected chi connectivity index (χ4v) is 2.75. The Balaban J connectivity index is 1.93. The number of likely N-dealkylation sites (N-methyl/N-ethyl adjacent to an activating group) is 1. The summed E-state index contributed by atoms with van der Waals surface area (Å²) < 4.78 is 2.08. The molecule has 1 aliphatic carbocycles. The van der Waals surface area contributed by atoms with Gasteiger partial charge < -0.3 is 15.5 Å². The first-order valence-corrected chi connectivity index (χ1v) is 8.94. The summed E-state index contributed by atoms with van der Waals surface area (Å²) in [5.41, 5.74) is 2.71. The Kier molecular flexibility index (Phi) is 5.91. The third kappa shape index (κ3) is 4.50. The van der Waals surface area contributed by atoms with Crippen molar-refractivity contribution in [3.63, 3.8) is 0 Å². The number of fused-ring (bicyclic) bond motifs is 1. The van der Waals surface area contributed by atoms with E-state index in [1.54, 1.807) is 0 Å². The highest BCUT2D eigenvalue weighted by Gasteiger charge is 2.24. The Labute approximate surface area is 146 Å².